The Hall–Kier alpha value is -2.21. The lowest BCUT2D eigenvalue weighted by Crippen LogP contribution is -2.24. The molecule has 0 radical (unpaired) electrons. The summed E-state index contributed by atoms with van der Waals surface area (Å²) in [7, 11) is 0. The van der Waals surface area contributed by atoms with Crippen molar-refractivity contribution in [3.8, 4) is 5.75 Å². The number of ether oxygens (including phenoxy) is 1. The molecule has 0 saturated heterocycles. The number of hydrazone groups is 1. The molecule has 0 aromatic heterocycles. The van der Waals surface area contributed by atoms with Crippen LogP contribution in [-0.2, 0) is 4.79 Å². The Kier molecular flexibility index (Phi) is 5.45. The minimum atomic E-state index is -0.381. The molecule has 0 unspecified atom stereocenters. The van der Waals surface area contributed by atoms with Gasteiger partial charge in [-0.3, -0.25) is 4.79 Å². The van der Waals surface area contributed by atoms with Crippen LogP contribution in [0.15, 0.2) is 58.1 Å². The zero-order valence-corrected chi connectivity index (χ0v) is 12.5. The molecule has 0 atom stereocenters. The predicted molar refractivity (Wildman–Crippen MR) is 81.8 cm³/mol. The molecule has 0 aliphatic heterocycles. The fourth-order valence-corrected chi connectivity index (χ4v) is 1.84. The summed E-state index contributed by atoms with van der Waals surface area (Å²) in [6, 6.07) is 12.9. The second-order valence-electron chi connectivity index (χ2n) is 4.09. The first kappa shape index (κ1) is 15.2. The van der Waals surface area contributed by atoms with E-state index in [-0.39, 0.29) is 18.3 Å². The molecule has 0 heterocycles. The van der Waals surface area contributed by atoms with Crippen molar-refractivity contribution in [2.75, 3.05) is 6.61 Å². The smallest absolute Gasteiger partial charge is 0.277 e. The van der Waals surface area contributed by atoms with Crippen LogP contribution in [0.4, 0.5) is 4.39 Å². The average molecular weight is 351 g/mol. The number of rotatable bonds is 5. The second-order valence-corrected chi connectivity index (χ2v) is 5.01. The first-order chi connectivity index (χ1) is 10.1. The summed E-state index contributed by atoms with van der Waals surface area (Å²) in [6.45, 7) is -0.142. The van der Waals surface area contributed by atoms with Gasteiger partial charge in [0.15, 0.2) is 6.61 Å². The van der Waals surface area contributed by atoms with E-state index in [0.29, 0.717) is 11.3 Å². The third-order valence-electron chi connectivity index (χ3n) is 2.44. The van der Waals surface area contributed by atoms with Gasteiger partial charge in [-0.2, -0.15) is 5.10 Å². The fourth-order valence-electron chi connectivity index (χ4n) is 1.47. The van der Waals surface area contributed by atoms with E-state index >= 15 is 0 Å². The second kappa shape index (κ2) is 7.54. The first-order valence-electron chi connectivity index (χ1n) is 6.09. The highest BCUT2D eigenvalue weighted by Crippen LogP contribution is 2.17. The van der Waals surface area contributed by atoms with E-state index in [0.717, 1.165) is 4.47 Å². The Balaban J connectivity index is 1.78. The molecule has 4 nitrogen and oxygen atoms in total. The van der Waals surface area contributed by atoms with Crippen molar-refractivity contribution in [1.82, 2.24) is 5.43 Å². The molecule has 1 N–H and O–H groups in total. The molecule has 1 amide bonds. The zero-order valence-electron chi connectivity index (χ0n) is 10.9. The van der Waals surface area contributed by atoms with Gasteiger partial charge in [-0.25, -0.2) is 9.82 Å². The van der Waals surface area contributed by atoms with Crippen LogP contribution in [0.5, 0.6) is 5.75 Å². The van der Waals surface area contributed by atoms with Gasteiger partial charge in [-0.05, 0) is 35.9 Å². The molecule has 6 heteroatoms. The molecule has 21 heavy (non-hydrogen) atoms. The predicted octanol–water partition coefficient (Wildman–Crippen LogP) is 3.12. The van der Waals surface area contributed by atoms with Crippen LogP contribution < -0.4 is 10.2 Å². The van der Waals surface area contributed by atoms with Crippen LogP contribution >= 0.6 is 15.9 Å². The third-order valence-corrected chi connectivity index (χ3v) is 2.93. The molecule has 0 fully saturated rings. The van der Waals surface area contributed by atoms with Crippen LogP contribution in [0, 0.1) is 5.82 Å². The van der Waals surface area contributed by atoms with E-state index in [1.807, 2.05) is 12.1 Å². The molecular weight excluding hydrogens is 339 g/mol. The van der Waals surface area contributed by atoms with E-state index in [2.05, 4.69) is 26.5 Å². The highest BCUT2D eigenvalue weighted by molar-refractivity contribution is 9.10. The molecule has 0 aliphatic rings. The van der Waals surface area contributed by atoms with Gasteiger partial charge in [0.1, 0.15) is 11.6 Å². The Labute approximate surface area is 129 Å². The Morgan fingerprint density at radius 2 is 2.05 bits per heavy atom. The van der Waals surface area contributed by atoms with E-state index in [4.69, 9.17) is 4.74 Å². The monoisotopic (exact) mass is 350 g/mol. The fraction of sp³-hybridized carbons (Fsp3) is 0.0667. The summed E-state index contributed by atoms with van der Waals surface area (Å²) in [5.74, 6) is -0.117. The molecule has 2 rings (SSSR count). The number of nitrogens with zero attached hydrogens (tertiary/aromatic N) is 1. The van der Waals surface area contributed by atoms with Crippen molar-refractivity contribution in [2.45, 2.75) is 0 Å². The molecular formula is C15H12BrFN2O2. The summed E-state index contributed by atoms with van der Waals surface area (Å²) in [5.41, 5.74) is 3.02. The average Bonchev–Trinajstić information content (AvgIpc) is 2.47. The van der Waals surface area contributed by atoms with Gasteiger partial charge in [0.2, 0.25) is 0 Å². The van der Waals surface area contributed by atoms with Gasteiger partial charge in [0.25, 0.3) is 5.91 Å². The van der Waals surface area contributed by atoms with Crippen molar-refractivity contribution in [2.24, 2.45) is 5.10 Å². The van der Waals surface area contributed by atoms with Crippen molar-refractivity contribution < 1.29 is 13.9 Å². The number of benzene rings is 2. The van der Waals surface area contributed by atoms with E-state index < -0.39 is 0 Å². The van der Waals surface area contributed by atoms with Crippen LogP contribution in [0.1, 0.15) is 5.56 Å². The third kappa shape index (κ3) is 5.35. The lowest BCUT2D eigenvalue weighted by molar-refractivity contribution is -0.123. The minimum Gasteiger partial charge on any atom is -0.484 e. The summed E-state index contributed by atoms with van der Waals surface area (Å²) < 4.78 is 18.9. The van der Waals surface area contributed by atoms with Crippen molar-refractivity contribution in [3.63, 3.8) is 0 Å². The number of halogens is 2. The topological polar surface area (TPSA) is 50.7 Å². The maximum absolute atomic E-state index is 12.7. The van der Waals surface area contributed by atoms with Crippen molar-refractivity contribution >= 4 is 28.1 Å². The van der Waals surface area contributed by atoms with Crippen LogP contribution in [0.2, 0.25) is 0 Å². The van der Waals surface area contributed by atoms with E-state index in [1.165, 1.54) is 18.3 Å². The Bertz CT molecular complexity index is 644. The summed E-state index contributed by atoms with van der Waals surface area (Å²) in [5, 5.41) is 3.76. The number of carbonyl (C=O) groups is 1. The van der Waals surface area contributed by atoms with Crippen molar-refractivity contribution in [1.29, 1.82) is 0 Å². The van der Waals surface area contributed by atoms with Gasteiger partial charge >= 0.3 is 0 Å². The number of hydrogen-bond donors (Lipinski definition) is 1. The highest BCUT2D eigenvalue weighted by Gasteiger charge is 2.01. The lowest BCUT2D eigenvalue weighted by Gasteiger charge is -2.04. The first-order valence-corrected chi connectivity index (χ1v) is 6.88. The summed E-state index contributed by atoms with van der Waals surface area (Å²) in [6.07, 6.45) is 1.43. The minimum absolute atomic E-state index is 0.142. The maximum Gasteiger partial charge on any atom is 0.277 e. The number of carbonyl (C=O) groups excluding carboxylic acids is 1. The summed E-state index contributed by atoms with van der Waals surface area (Å²) >= 11 is 3.31. The standard InChI is InChI=1S/C15H12BrFN2O2/c16-12-2-1-3-14(8-12)21-10-15(20)19-18-9-11-4-6-13(17)7-5-11/h1-9H,10H2,(H,19,20)/b18-9+. The Morgan fingerprint density at radius 3 is 2.76 bits per heavy atom. The maximum atomic E-state index is 12.7. The summed E-state index contributed by atoms with van der Waals surface area (Å²) in [4.78, 5) is 11.5. The number of amides is 1. The molecule has 2 aromatic carbocycles. The normalized spacial score (nSPS) is 10.6. The zero-order chi connectivity index (χ0) is 15.1. The quantitative estimate of drug-likeness (QED) is 0.665. The largest absolute Gasteiger partial charge is 0.484 e. The van der Waals surface area contributed by atoms with Gasteiger partial charge in [-0.1, -0.05) is 34.1 Å². The van der Waals surface area contributed by atoms with Gasteiger partial charge < -0.3 is 4.74 Å². The van der Waals surface area contributed by atoms with Gasteiger partial charge in [-0.15, -0.1) is 0 Å². The molecule has 2 aromatic rings. The van der Waals surface area contributed by atoms with Crippen LogP contribution in [0.3, 0.4) is 0 Å². The van der Waals surface area contributed by atoms with Crippen LogP contribution in [0.25, 0.3) is 0 Å². The lowest BCUT2D eigenvalue weighted by atomic mass is 10.2. The van der Waals surface area contributed by atoms with E-state index in [1.54, 1.807) is 24.3 Å². The SMILES string of the molecule is O=C(COc1cccc(Br)c1)N/N=C/c1ccc(F)cc1. The highest BCUT2D eigenvalue weighted by atomic mass is 79.9. The molecule has 0 bridgehead atoms. The number of nitrogens with one attached hydrogen (secondary N) is 1. The van der Waals surface area contributed by atoms with Crippen LogP contribution in [-0.4, -0.2) is 18.7 Å². The van der Waals surface area contributed by atoms with Crippen molar-refractivity contribution in [3.05, 3.63) is 64.4 Å². The Morgan fingerprint density at radius 1 is 1.29 bits per heavy atom. The number of hydrogen-bond acceptors (Lipinski definition) is 3. The molecule has 0 saturated carbocycles. The van der Waals surface area contributed by atoms with Gasteiger partial charge in [0.05, 0.1) is 6.21 Å². The molecule has 0 aliphatic carbocycles. The van der Waals surface area contributed by atoms with Gasteiger partial charge in [0, 0.05) is 4.47 Å². The molecule has 0 spiro atoms. The molecule has 108 valence electrons. The van der Waals surface area contributed by atoms with E-state index in [9.17, 15) is 9.18 Å².